The molecule has 0 saturated carbocycles. The molecule has 0 aliphatic carbocycles. The van der Waals surface area contributed by atoms with Gasteiger partial charge in [-0.1, -0.05) is 45.0 Å². The predicted molar refractivity (Wildman–Crippen MR) is 104 cm³/mol. The molecule has 7 heteroatoms. The average Bonchev–Trinajstić information content (AvgIpc) is 3.03. The Morgan fingerprint density at radius 2 is 1.93 bits per heavy atom. The number of nitrogens with zero attached hydrogens (tertiary/aromatic N) is 4. The highest BCUT2D eigenvalue weighted by atomic mass is 16.2. The molecule has 3 aromatic rings. The molecule has 1 N–H and O–H groups in total. The fourth-order valence-electron chi connectivity index (χ4n) is 3.15. The van der Waals surface area contributed by atoms with Gasteiger partial charge in [-0.15, -0.1) is 0 Å². The molecule has 142 valence electrons. The lowest BCUT2D eigenvalue weighted by Gasteiger charge is -2.23. The summed E-state index contributed by atoms with van der Waals surface area (Å²) in [6.07, 6.45) is 3.85. The van der Waals surface area contributed by atoms with E-state index in [1.807, 2.05) is 0 Å². The summed E-state index contributed by atoms with van der Waals surface area (Å²) in [4.78, 5) is 29.4. The van der Waals surface area contributed by atoms with Gasteiger partial charge < -0.3 is 5.32 Å². The SMILES string of the molecule is CCc1ccc([C@@H](NC(=O)Cn2cnc3c(cnn3C)c2=O)C(C)C)cc1. The second kappa shape index (κ2) is 7.73. The Kier molecular flexibility index (Phi) is 5.39. The molecule has 0 radical (unpaired) electrons. The van der Waals surface area contributed by atoms with E-state index in [2.05, 4.69) is 60.4 Å². The van der Waals surface area contributed by atoms with Gasteiger partial charge in [-0.2, -0.15) is 5.10 Å². The van der Waals surface area contributed by atoms with Crippen molar-refractivity contribution in [2.24, 2.45) is 13.0 Å². The van der Waals surface area contributed by atoms with Gasteiger partial charge in [0.05, 0.1) is 12.2 Å². The summed E-state index contributed by atoms with van der Waals surface area (Å²) in [7, 11) is 1.73. The predicted octanol–water partition coefficient (Wildman–Crippen LogP) is 2.21. The molecule has 0 spiro atoms. The van der Waals surface area contributed by atoms with Crippen molar-refractivity contribution in [1.82, 2.24) is 24.6 Å². The van der Waals surface area contributed by atoms with E-state index in [-0.39, 0.29) is 30.0 Å². The van der Waals surface area contributed by atoms with Crippen molar-refractivity contribution in [3.8, 4) is 0 Å². The molecule has 2 heterocycles. The highest BCUT2D eigenvalue weighted by Crippen LogP contribution is 2.22. The lowest BCUT2D eigenvalue weighted by atomic mass is 9.95. The molecule has 0 aliphatic heterocycles. The number of hydrogen-bond acceptors (Lipinski definition) is 4. The summed E-state index contributed by atoms with van der Waals surface area (Å²) in [5.41, 5.74) is 2.56. The number of aryl methyl sites for hydroxylation is 2. The molecule has 1 atom stereocenters. The van der Waals surface area contributed by atoms with Gasteiger partial charge in [-0.05, 0) is 23.5 Å². The molecule has 27 heavy (non-hydrogen) atoms. The number of fused-ring (bicyclic) bond motifs is 1. The van der Waals surface area contributed by atoms with Gasteiger partial charge >= 0.3 is 0 Å². The molecule has 2 aromatic heterocycles. The Hall–Kier alpha value is -2.96. The van der Waals surface area contributed by atoms with Gasteiger partial charge in [0, 0.05) is 7.05 Å². The number of benzene rings is 1. The van der Waals surface area contributed by atoms with Gasteiger partial charge in [0.1, 0.15) is 18.3 Å². The Morgan fingerprint density at radius 1 is 1.22 bits per heavy atom. The van der Waals surface area contributed by atoms with Gasteiger partial charge in [0.25, 0.3) is 5.56 Å². The molecule has 7 nitrogen and oxygen atoms in total. The highest BCUT2D eigenvalue weighted by molar-refractivity contribution is 5.77. The second-order valence-electron chi connectivity index (χ2n) is 7.07. The molecule has 3 rings (SSSR count). The van der Waals surface area contributed by atoms with Crippen molar-refractivity contribution in [3.05, 3.63) is 58.3 Å². The standard InChI is InChI=1S/C20H25N5O2/c1-5-14-6-8-15(9-7-14)18(13(2)3)23-17(26)11-25-12-21-19-16(20(25)27)10-22-24(19)4/h6-10,12-13,18H,5,11H2,1-4H3,(H,23,26)/t18-/m0/s1. The first-order valence-electron chi connectivity index (χ1n) is 9.16. The number of nitrogens with one attached hydrogen (secondary N) is 1. The first kappa shape index (κ1) is 18.8. The van der Waals surface area contributed by atoms with E-state index in [0.29, 0.717) is 11.0 Å². The van der Waals surface area contributed by atoms with Crippen LogP contribution in [0.3, 0.4) is 0 Å². The van der Waals surface area contributed by atoms with Crippen LogP contribution in [0.1, 0.15) is 37.9 Å². The van der Waals surface area contributed by atoms with E-state index >= 15 is 0 Å². The van der Waals surface area contributed by atoms with Crippen LogP contribution in [0.5, 0.6) is 0 Å². The molecular formula is C20H25N5O2. The fraction of sp³-hybridized carbons (Fsp3) is 0.400. The van der Waals surface area contributed by atoms with Crippen LogP contribution >= 0.6 is 0 Å². The molecule has 1 amide bonds. The number of carbonyl (C=O) groups is 1. The van der Waals surface area contributed by atoms with Crippen LogP contribution in [0.2, 0.25) is 0 Å². The Morgan fingerprint density at radius 3 is 2.56 bits per heavy atom. The number of hydrogen-bond donors (Lipinski definition) is 1. The number of rotatable bonds is 6. The lowest BCUT2D eigenvalue weighted by Crippen LogP contribution is -2.36. The zero-order valence-electron chi connectivity index (χ0n) is 16.1. The van der Waals surface area contributed by atoms with Crippen LogP contribution in [0.4, 0.5) is 0 Å². The third kappa shape index (κ3) is 3.92. The smallest absolute Gasteiger partial charge is 0.264 e. The monoisotopic (exact) mass is 367 g/mol. The van der Waals surface area contributed by atoms with Crippen LogP contribution < -0.4 is 10.9 Å². The van der Waals surface area contributed by atoms with Gasteiger partial charge in [0.15, 0.2) is 5.65 Å². The summed E-state index contributed by atoms with van der Waals surface area (Å²) in [6, 6.07) is 8.16. The maximum Gasteiger partial charge on any atom is 0.264 e. The maximum atomic E-state index is 12.6. The third-order valence-corrected chi connectivity index (χ3v) is 4.76. The van der Waals surface area contributed by atoms with E-state index in [1.165, 1.54) is 27.3 Å². The van der Waals surface area contributed by atoms with Crippen LogP contribution in [0.25, 0.3) is 11.0 Å². The molecule has 0 aliphatic rings. The minimum atomic E-state index is -0.267. The van der Waals surface area contributed by atoms with Gasteiger partial charge in [0.2, 0.25) is 5.91 Å². The summed E-state index contributed by atoms with van der Waals surface area (Å²) in [6.45, 7) is 6.16. The largest absolute Gasteiger partial charge is 0.347 e. The van der Waals surface area contributed by atoms with Crippen LogP contribution in [0, 0.1) is 5.92 Å². The summed E-state index contributed by atoms with van der Waals surface area (Å²) < 4.78 is 2.85. The number of aromatic nitrogens is 4. The van der Waals surface area contributed by atoms with Crippen molar-refractivity contribution < 1.29 is 4.79 Å². The topological polar surface area (TPSA) is 81.8 Å². The fourth-order valence-corrected chi connectivity index (χ4v) is 3.15. The normalized spacial score (nSPS) is 12.5. The van der Waals surface area contributed by atoms with E-state index < -0.39 is 0 Å². The van der Waals surface area contributed by atoms with Crippen molar-refractivity contribution >= 4 is 16.9 Å². The van der Waals surface area contributed by atoms with Crippen molar-refractivity contribution in [3.63, 3.8) is 0 Å². The van der Waals surface area contributed by atoms with Crippen LogP contribution in [0.15, 0.2) is 41.6 Å². The van der Waals surface area contributed by atoms with E-state index in [9.17, 15) is 9.59 Å². The minimum Gasteiger partial charge on any atom is -0.347 e. The third-order valence-electron chi connectivity index (χ3n) is 4.76. The zero-order chi connectivity index (χ0) is 19.6. The number of amides is 1. The molecule has 0 fully saturated rings. The average molecular weight is 367 g/mol. The second-order valence-corrected chi connectivity index (χ2v) is 7.07. The van der Waals surface area contributed by atoms with E-state index in [4.69, 9.17) is 0 Å². The van der Waals surface area contributed by atoms with Crippen LogP contribution in [-0.4, -0.2) is 25.2 Å². The van der Waals surface area contributed by atoms with Crippen molar-refractivity contribution in [2.75, 3.05) is 0 Å². The Balaban J connectivity index is 1.78. The molecule has 0 bridgehead atoms. The lowest BCUT2D eigenvalue weighted by molar-refractivity contribution is -0.122. The maximum absolute atomic E-state index is 12.6. The Labute approximate surface area is 158 Å². The molecule has 1 aromatic carbocycles. The van der Waals surface area contributed by atoms with Gasteiger partial charge in [-0.25, -0.2) is 4.98 Å². The molecule has 0 unspecified atom stereocenters. The van der Waals surface area contributed by atoms with Crippen LogP contribution in [-0.2, 0) is 24.8 Å². The van der Waals surface area contributed by atoms with Crippen molar-refractivity contribution in [1.29, 1.82) is 0 Å². The molecule has 0 saturated heterocycles. The summed E-state index contributed by atoms with van der Waals surface area (Å²) in [5, 5.41) is 7.50. The quantitative estimate of drug-likeness (QED) is 0.724. The first-order chi connectivity index (χ1) is 12.9. The summed E-state index contributed by atoms with van der Waals surface area (Å²) >= 11 is 0. The minimum absolute atomic E-state index is 0.0765. The van der Waals surface area contributed by atoms with E-state index in [1.54, 1.807) is 7.05 Å². The highest BCUT2D eigenvalue weighted by Gasteiger charge is 2.19. The number of carbonyl (C=O) groups excluding carboxylic acids is 1. The molecular weight excluding hydrogens is 342 g/mol. The summed E-state index contributed by atoms with van der Waals surface area (Å²) in [5.74, 6) is -0.00233. The van der Waals surface area contributed by atoms with Gasteiger partial charge in [-0.3, -0.25) is 18.8 Å². The first-order valence-corrected chi connectivity index (χ1v) is 9.16. The Bertz CT molecular complexity index is 1000. The zero-order valence-corrected chi connectivity index (χ0v) is 16.1. The van der Waals surface area contributed by atoms with E-state index in [0.717, 1.165) is 12.0 Å². The van der Waals surface area contributed by atoms with Crippen molar-refractivity contribution in [2.45, 2.75) is 39.8 Å².